The van der Waals surface area contributed by atoms with Crippen LogP contribution >= 0.6 is 0 Å². The summed E-state index contributed by atoms with van der Waals surface area (Å²) in [5, 5.41) is 9.48. The van der Waals surface area contributed by atoms with Gasteiger partial charge in [0.05, 0.1) is 4.75 Å². The summed E-state index contributed by atoms with van der Waals surface area (Å²) in [6.45, 7) is 4.96. The van der Waals surface area contributed by atoms with Gasteiger partial charge in [-0.25, -0.2) is 8.42 Å². The molecule has 1 unspecified atom stereocenters. The van der Waals surface area contributed by atoms with E-state index >= 15 is 0 Å². The highest BCUT2D eigenvalue weighted by atomic mass is 32.2. The molecule has 0 radical (unpaired) electrons. The average molecular weight is 297 g/mol. The SMILES string of the molecule is CC(C)(C)S(=O)(=O)N1CCc2ccccc2C1C(=O)O. The Morgan fingerprint density at radius 2 is 1.90 bits per heavy atom. The molecule has 0 aliphatic carbocycles. The number of carbonyl (C=O) groups is 1. The Hall–Kier alpha value is -1.40. The molecule has 0 saturated heterocycles. The number of nitrogens with zero attached hydrogens (tertiary/aromatic N) is 1. The molecule has 110 valence electrons. The van der Waals surface area contributed by atoms with Crippen molar-refractivity contribution in [1.82, 2.24) is 4.31 Å². The molecule has 2 rings (SSSR count). The van der Waals surface area contributed by atoms with Gasteiger partial charge in [-0.1, -0.05) is 24.3 Å². The smallest absolute Gasteiger partial charge is 0.326 e. The lowest BCUT2D eigenvalue weighted by molar-refractivity contribution is -0.142. The highest BCUT2D eigenvalue weighted by Crippen LogP contribution is 2.35. The molecule has 5 nitrogen and oxygen atoms in total. The fourth-order valence-corrected chi connectivity index (χ4v) is 3.93. The van der Waals surface area contributed by atoms with E-state index in [-0.39, 0.29) is 6.54 Å². The van der Waals surface area contributed by atoms with E-state index in [4.69, 9.17) is 0 Å². The minimum Gasteiger partial charge on any atom is -0.480 e. The number of rotatable bonds is 2. The summed E-state index contributed by atoms with van der Waals surface area (Å²) >= 11 is 0. The summed E-state index contributed by atoms with van der Waals surface area (Å²) in [6.07, 6.45) is 0.537. The van der Waals surface area contributed by atoms with Crippen LogP contribution in [0.1, 0.15) is 37.9 Å². The van der Waals surface area contributed by atoms with Crippen LogP contribution in [0.4, 0.5) is 0 Å². The minimum atomic E-state index is -3.68. The normalized spacial score (nSPS) is 20.4. The maximum Gasteiger partial charge on any atom is 0.326 e. The maximum absolute atomic E-state index is 12.6. The van der Waals surface area contributed by atoms with E-state index in [1.807, 2.05) is 12.1 Å². The monoisotopic (exact) mass is 297 g/mol. The lowest BCUT2D eigenvalue weighted by atomic mass is 9.94. The average Bonchev–Trinajstić information content (AvgIpc) is 2.35. The third-order valence-corrected chi connectivity index (χ3v) is 6.11. The summed E-state index contributed by atoms with van der Waals surface area (Å²) in [5.74, 6) is -1.13. The van der Waals surface area contributed by atoms with Crippen LogP contribution in [0, 0.1) is 0 Å². The van der Waals surface area contributed by atoms with Crippen molar-refractivity contribution in [3.63, 3.8) is 0 Å². The number of sulfonamides is 1. The van der Waals surface area contributed by atoms with Crippen LogP contribution in [-0.2, 0) is 21.2 Å². The quantitative estimate of drug-likeness (QED) is 0.903. The molecular formula is C14H19NO4S. The summed E-state index contributed by atoms with van der Waals surface area (Å²) in [7, 11) is -3.68. The number of carboxylic acid groups (broad SMARTS) is 1. The standard InChI is InChI=1S/C14H19NO4S/c1-14(2,3)20(18,19)15-9-8-10-6-4-5-7-11(10)12(15)13(16)17/h4-7,12H,8-9H2,1-3H3,(H,16,17). The van der Waals surface area contributed by atoms with Gasteiger partial charge in [0.25, 0.3) is 0 Å². The number of aliphatic carboxylic acids is 1. The molecule has 0 fully saturated rings. The van der Waals surface area contributed by atoms with Crippen molar-refractivity contribution in [2.45, 2.75) is 38.0 Å². The number of hydrogen-bond acceptors (Lipinski definition) is 3. The topological polar surface area (TPSA) is 74.7 Å². The molecule has 1 aliphatic heterocycles. The van der Waals surface area contributed by atoms with E-state index in [0.29, 0.717) is 12.0 Å². The third kappa shape index (κ3) is 2.33. The van der Waals surface area contributed by atoms with Gasteiger partial charge in [-0.2, -0.15) is 4.31 Å². The second-order valence-corrected chi connectivity index (χ2v) is 8.56. The molecule has 1 aromatic rings. The van der Waals surface area contributed by atoms with Gasteiger partial charge in [-0.15, -0.1) is 0 Å². The van der Waals surface area contributed by atoms with Gasteiger partial charge >= 0.3 is 5.97 Å². The number of benzene rings is 1. The Kier molecular flexibility index (Phi) is 3.64. The Labute approximate surface area is 119 Å². The van der Waals surface area contributed by atoms with Gasteiger partial charge in [0.1, 0.15) is 6.04 Å². The van der Waals surface area contributed by atoms with Gasteiger partial charge in [0.15, 0.2) is 0 Å². The molecule has 0 amide bonds. The molecule has 0 aromatic heterocycles. The molecule has 0 bridgehead atoms. The van der Waals surface area contributed by atoms with Gasteiger partial charge in [-0.3, -0.25) is 4.79 Å². The van der Waals surface area contributed by atoms with Crippen LogP contribution in [0.25, 0.3) is 0 Å². The molecule has 0 saturated carbocycles. The number of fused-ring (bicyclic) bond motifs is 1. The second kappa shape index (κ2) is 4.86. The Morgan fingerprint density at radius 1 is 1.30 bits per heavy atom. The first-order chi connectivity index (χ1) is 9.16. The predicted octanol–water partition coefficient (Wildman–Crippen LogP) is 1.80. The van der Waals surface area contributed by atoms with Crippen LogP contribution in [0.3, 0.4) is 0 Å². The van der Waals surface area contributed by atoms with E-state index in [9.17, 15) is 18.3 Å². The van der Waals surface area contributed by atoms with Crippen LogP contribution in [-0.4, -0.2) is 35.1 Å². The van der Waals surface area contributed by atoms with Crippen LogP contribution in [0.2, 0.25) is 0 Å². The van der Waals surface area contributed by atoms with E-state index in [1.165, 1.54) is 0 Å². The molecule has 1 N–H and O–H groups in total. The number of carboxylic acids is 1. The Morgan fingerprint density at radius 3 is 2.45 bits per heavy atom. The lowest BCUT2D eigenvalue weighted by Gasteiger charge is -2.37. The molecular weight excluding hydrogens is 278 g/mol. The van der Waals surface area contributed by atoms with Crippen LogP contribution < -0.4 is 0 Å². The first-order valence-electron chi connectivity index (χ1n) is 6.48. The number of hydrogen-bond donors (Lipinski definition) is 1. The zero-order valence-corrected chi connectivity index (χ0v) is 12.6. The maximum atomic E-state index is 12.6. The van der Waals surface area contributed by atoms with Gasteiger partial charge in [-0.05, 0) is 38.3 Å². The molecule has 1 aliphatic rings. The van der Waals surface area contributed by atoms with Gasteiger partial charge in [0.2, 0.25) is 10.0 Å². The lowest BCUT2D eigenvalue weighted by Crippen LogP contribution is -2.49. The van der Waals surface area contributed by atoms with Crippen molar-refractivity contribution in [2.24, 2.45) is 0 Å². The van der Waals surface area contributed by atoms with Crippen molar-refractivity contribution in [2.75, 3.05) is 6.54 Å². The largest absolute Gasteiger partial charge is 0.480 e. The minimum absolute atomic E-state index is 0.202. The van der Waals surface area contributed by atoms with Crippen molar-refractivity contribution in [1.29, 1.82) is 0 Å². The first kappa shape index (κ1) is 15.0. The molecule has 0 spiro atoms. The molecule has 20 heavy (non-hydrogen) atoms. The Bertz CT molecular complexity index is 631. The second-order valence-electron chi connectivity index (χ2n) is 5.92. The fraction of sp³-hybridized carbons (Fsp3) is 0.500. The highest BCUT2D eigenvalue weighted by molar-refractivity contribution is 7.90. The first-order valence-corrected chi connectivity index (χ1v) is 7.92. The predicted molar refractivity (Wildman–Crippen MR) is 75.9 cm³/mol. The zero-order valence-electron chi connectivity index (χ0n) is 11.8. The highest BCUT2D eigenvalue weighted by Gasteiger charge is 2.44. The van der Waals surface area contributed by atoms with Crippen molar-refractivity contribution in [3.8, 4) is 0 Å². The van der Waals surface area contributed by atoms with E-state index in [2.05, 4.69) is 0 Å². The molecule has 1 heterocycles. The van der Waals surface area contributed by atoms with Crippen molar-refractivity contribution >= 4 is 16.0 Å². The summed E-state index contributed by atoms with van der Waals surface area (Å²) in [4.78, 5) is 11.6. The molecule has 1 atom stereocenters. The van der Waals surface area contributed by atoms with Crippen LogP contribution in [0.5, 0.6) is 0 Å². The summed E-state index contributed by atoms with van der Waals surface area (Å²) in [6, 6.07) is 5.99. The molecule has 1 aromatic carbocycles. The summed E-state index contributed by atoms with van der Waals surface area (Å²) in [5.41, 5.74) is 1.47. The van der Waals surface area contributed by atoms with E-state index in [0.717, 1.165) is 9.87 Å². The Balaban J connectivity index is 2.56. The van der Waals surface area contributed by atoms with E-state index in [1.54, 1.807) is 32.9 Å². The van der Waals surface area contributed by atoms with Crippen molar-refractivity contribution < 1.29 is 18.3 Å². The molecule has 6 heteroatoms. The van der Waals surface area contributed by atoms with Crippen LogP contribution in [0.15, 0.2) is 24.3 Å². The van der Waals surface area contributed by atoms with Crippen molar-refractivity contribution in [3.05, 3.63) is 35.4 Å². The van der Waals surface area contributed by atoms with Gasteiger partial charge < -0.3 is 5.11 Å². The van der Waals surface area contributed by atoms with Gasteiger partial charge in [0, 0.05) is 6.54 Å². The third-order valence-electron chi connectivity index (χ3n) is 3.56. The zero-order chi connectivity index (χ0) is 15.1. The fourth-order valence-electron chi connectivity index (χ4n) is 2.41. The van der Waals surface area contributed by atoms with E-state index < -0.39 is 26.8 Å². The summed E-state index contributed by atoms with van der Waals surface area (Å²) < 4.78 is 25.3.